The molecule has 1 atom stereocenters. The zero-order valence-electron chi connectivity index (χ0n) is 11.1. The zero-order valence-corrected chi connectivity index (χ0v) is 12.0. The van der Waals surface area contributed by atoms with Crippen LogP contribution in [0.5, 0.6) is 0 Å². The number of thiazole rings is 1. The Morgan fingerprint density at radius 2 is 2.45 bits per heavy atom. The number of halogens is 1. The van der Waals surface area contributed by atoms with Gasteiger partial charge in [0.1, 0.15) is 5.82 Å². The molecule has 1 aliphatic rings. The maximum Gasteiger partial charge on any atom is 0.225 e. The first-order valence-corrected chi connectivity index (χ1v) is 7.41. The predicted octanol–water partition coefficient (Wildman–Crippen LogP) is 2.97. The van der Waals surface area contributed by atoms with Gasteiger partial charge in [-0.15, -0.1) is 0 Å². The number of nitrogens with zero attached hydrogens (tertiary/aromatic N) is 2. The van der Waals surface area contributed by atoms with E-state index < -0.39 is 0 Å². The molecule has 1 unspecified atom stereocenters. The number of hydrogen-bond donors (Lipinski definition) is 0. The molecule has 1 aromatic heterocycles. The van der Waals surface area contributed by atoms with Crippen molar-refractivity contribution < 1.29 is 13.9 Å². The predicted molar refractivity (Wildman–Crippen MR) is 76.6 cm³/mol. The average molecular weight is 294 g/mol. The third-order valence-electron chi connectivity index (χ3n) is 3.36. The fraction of sp³-hybridized carbons (Fsp3) is 0.429. The SMILES string of the molecule is CC(=O)N(CC1CCCO1)c1nc2ccc(F)cc2s1. The molecule has 0 saturated carbocycles. The topological polar surface area (TPSA) is 42.4 Å². The minimum atomic E-state index is -0.291. The molecule has 0 aliphatic carbocycles. The van der Waals surface area contributed by atoms with Crippen molar-refractivity contribution in [2.45, 2.75) is 25.9 Å². The van der Waals surface area contributed by atoms with Crippen molar-refractivity contribution in [2.75, 3.05) is 18.1 Å². The fourth-order valence-electron chi connectivity index (χ4n) is 2.34. The molecule has 20 heavy (non-hydrogen) atoms. The number of carbonyl (C=O) groups excluding carboxylic acids is 1. The maximum atomic E-state index is 13.2. The van der Waals surface area contributed by atoms with Crippen molar-refractivity contribution in [2.24, 2.45) is 0 Å². The third kappa shape index (κ3) is 2.66. The minimum Gasteiger partial charge on any atom is -0.376 e. The molecular formula is C14H15FN2O2S. The number of anilines is 1. The van der Waals surface area contributed by atoms with E-state index in [1.165, 1.54) is 30.4 Å². The summed E-state index contributed by atoms with van der Waals surface area (Å²) in [6.07, 6.45) is 2.06. The molecule has 1 aromatic carbocycles. The first-order valence-electron chi connectivity index (χ1n) is 6.59. The summed E-state index contributed by atoms with van der Waals surface area (Å²) in [5, 5.41) is 0.605. The second-order valence-electron chi connectivity index (χ2n) is 4.87. The van der Waals surface area contributed by atoms with Crippen molar-refractivity contribution in [3.05, 3.63) is 24.0 Å². The highest BCUT2D eigenvalue weighted by molar-refractivity contribution is 7.22. The van der Waals surface area contributed by atoms with Crippen LogP contribution in [0.15, 0.2) is 18.2 Å². The van der Waals surface area contributed by atoms with Gasteiger partial charge in [-0.05, 0) is 31.0 Å². The van der Waals surface area contributed by atoms with Gasteiger partial charge in [-0.3, -0.25) is 9.69 Å². The van der Waals surface area contributed by atoms with Gasteiger partial charge in [-0.2, -0.15) is 0 Å². The summed E-state index contributed by atoms with van der Waals surface area (Å²) >= 11 is 1.33. The van der Waals surface area contributed by atoms with E-state index in [-0.39, 0.29) is 17.8 Å². The first kappa shape index (κ1) is 13.5. The van der Waals surface area contributed by atoms with Gasteiger partial charge < -0.3 is 4.74 Å². The molecule has 2 heterocycles. The Labute approximate surface area is 120 Å². The van der Waals surface area contributed by atoms with Gasteiger partial charge in [0.05, 0.1) is 22.9 Å². The molecule has 4 nitrogen and oxygen atoms in total. The maximum absolute atomic E-state index is 13.2. The number of benzene rings is 1. The average Bonchev–Trinajstić information content (AvgIpc) is 3.03. The van der Waals surface area contributed by atoms with Crippen molar-refractivity contribution in [1.82, 2.24) is 4.98 Å². The van der Waals surface area contributed by atoms with Crippen LogP contribution in [0.3, 0.4) is 0 Å². The Kier molecular flexibility index (Phi) is 3.67. The lowest BCUT2D eigenvalue weighted by Gasteiger charge is -2.21. The molecule has 106 valence electrons. The Morgan fingerprint density at radius 1 is 1.60 bits per heavy atom. The van der Waals surface area contributed by atoms with Gasteiger partial charge >= 0.3 is 0 Å². The van der Waals surface area contributed by atoms with Crippen LogP contribution in [-0.4, -0.2) is 30.1 Å². The molecule has 2 aromatic rings. The van der Waals surface area contributed by atoms with Gasteiger partial charge in [0.2, 0.25) is 5.91 Å². The summed E-state index contributed by atoms with van der Waals surface area (Å²) in [6, 6.07) is 4.46. The van der Waals surface area contributed by atoms with Crippen molar-refractivity contribution in [3.63, 3.8) is 0 Å². The van der Waals surface area contributed by atoms with E-state index >= 15 is 0 Å². The molecule has 1 saturated heterocycles. The fourth-order valence-corrected chi connectivity index (χ4v) is 3.38. The summed E-state index contributed by atoms with van der Waals surface area (Å²) in [4.78, 5) is 17.9. The van der Waals surface area contributed by atoms with Crippen LogP contribution < -0.4 is 4.90 Å². The molecule has 1 fully saturated rings. The minimum absolute atomic E-state index is 0.0694. The van der Waals surface area contributed by atoms with E-state index in [2.05, 4.69) is 4.98 Å². The largest absolute Gasteiger partial charge is 0.376 e. The lowest BCUT2D eigenvalue weighted by Crippen LogP contribution is -2.35. The van der Waals surface area contributed by atoms with E-state index in [1.807, 2.05) is 0 Å². The quantitative estimate of drug-likeness (QED) is 0.874. The standard InChI is InChI=1S/C14H15FN2O2S/c1-9(18)17(8-11-3-2-6-19-11)14-16-12-5-4-10(15)7-13(12)20-14/h4-5,7,11H,2-3,6,8H2,1H3. The molecular weight excluding hydrogens is 279 g/mol. The monoisotopic (exact) mass is 294 g/mol. The van der Waals surface area contributed by atoms with Crippen LogP contribution in [0, 0.1) is 5.82 Å². The molecule has 1 amide bonds. The molecule has 0 bridgehead atoms. The highest BCUT2D eigenvalue weighted by atomic mass is 32.1. The van der Waals surface area contributed by atoms with Crippen LogP contribution >= 0.6 is 11.3 Å². The Morgan fingerprint density at radius 3 is 3.15 bits per heavy atom. The van der Waals surface area contributed by atoms with E-state index in [9.17, 15) is 9.18 Å². The second kappa shape index (κ2) is 5.46. The Bertz CT molecular complexity index is 637. The van der Waals surface area contributed by atoms with E-state index in [4.69, 9.17) is 4.74 Å². The van der Waals surface area contributed by atoms with E-state index in [0.29, 0.717) is 17.2 Å². The molecule has 6 heteroatoms. The number of hydrogen-bond acceptors (Lipinski definition) is 4. The van der Waals surface area contributed by atoms with Crippen LogP contribution in [0.25, 0.3) is 10.2 Å². The number of aromatic nitrogens is 1. The highest BCUT2D eigenvalue weighted by Crippen LogP contribution is 2.30. The lowest BCUT2D eigenvalue weighted by atomic mass is 10.2. The second-order valence-corrected chi connectivity index (χ2v) is 5.88. The number of fused-ring (bicyclic) bond motifs is 1. The normalized spacial score (nSPS) is 18.6. The van der Waals surface area contributed by atoms with Crippen molar-refractivity contribution in [3.8, 4) is 0 Å². The number of amides is 1. The van der Waals surface area contributed by atoms with Crippen molar-refractivity contribution in [1.29, 1.82) is 0 Å². The third-order valence-corrected chi connectivity index (χ3v) is 4.40. The van der Waals surface area contributed by atoms with Gasteiger partial charge in [0.15, 0.2) is 5.13 Å². The number of ether oxygens (including phenoxy) is 1. The molecule has 0 N–H and O–H groups in total. The van der Waals surface area contributed by atoms with Crippen LogP contribution in [0.4, 0.5) is 9.52 Å². The van der Waals surface area contributed by atoms with E-state index in [0.717, 1.165) is 24.1 Å². The number of carbonyl (C=O) groups is 1. The lowest BCUT2D eigenvalue weighted by molar-refractivity contribution is -0.116. The summed E-state index contributed by atoms with van der Waals surface area (Å²) < 4.78 is 19.5. The Balaban J connectivity index is 1.90. The van der Waals surface area contributed by atoms with Crippen LogP contribution in [-0.2, 0) is 9.53 Å². The van der Waals surface area contributed by atoms with Gasteiger partial charge in [-0.25, -0.2) is 9.37 Å². The van der Waals surface area contributed by atoms with Crippen molar-refractivity contribution >= 4 is 32.6 Å². The first-order chi connectivity index (χ1) is 9.63. The van der Waals surface area contributed by atoms with Gasteiger partial charge in [-0.1, -0.05) is 11.3 Å². The molecule has 0 spiro atoms. The van der Waals surface area contributed by atoms with E-state index in [1.54, 1.807) is 11.0 Å². The summed E-state index contributed by atoms with van der Waals surface area (Å²) in [6.45, 7) is 2.78. The smallest absolute Gasteiger partial charge is 0.225 e. The molecule has 1 aliphatic heterocycles. The summed E-state index contributed by atoms with van der Waals surface area (Å²) in [7, 11) is 0. The molecule has 0 radical (unpaired) electrons. The molecule has 3 rings (SSSR count). The summed E-state index contributed by atoms with van der Waals surface area (Å²) in [5.74, 6) is -0.360. The summed E-state index contributed by atoms with van der Waals surface area (Å²) in [5.41, 5.74) is 0.713. The zero-order chi connectivity index (χ0) is 14.1. The number of rotatable bonds is 3. The Hall–Kier alpha value is -1.53. The van der Waals surface area contributed by atoms with Gasteiger partial charge in [0, 0.05) is 13.5 Å². The van der Waals surface area contributed by atoms with Crippen LogP contribution in [0.1, 0.15) is 19.8 Å². The highest BCUT2D eigenvalue weighted by Gasteiger charge is 2.24. The van der Waals surface area contributed by atoms with Crippen LogP contribution in [0.2, 0.25) is 0 Å². The van der Waals surface area contributed by atoms with Gasteiger partial charge in [0.25, 0.3) is 0 Å².